The van der Waals surface area contributed by atoms with Crippen LogP contribution in [0.25, 0.3) is 0 Å². The van der Waals surface area contributed by atoms with Crippen molar-refractivity contribution < 1.29 is 27.4 Å². The molecular formula is C11H7BrF3NO3. The van der Waals surface area contributed by atoms with E-state index in [1.54, 1.807) is 13.0 Å². The van der Waals surface area contributed by atoms with Crippen molar-refractivity contribution in [3.63, 3.8) is 0 Å². The van der Waals surface area contributed by atoms with E-state index in [-0.39, 0.29) is 22.2 Å². The van der Waals surface area contributed by atoms with Gasteiger partial charge in [0.05, 0.1) is 17.7 Å². The maximum atomic E-state index is 12.2. The third kappa shape index (κ3) is 4.13. The van der Waals surface area contributed by atoms with Gasteiger partial charge in [-0.1, -0.05) is 0 Å². The van der Waals surface area contributed by atoms with Crippen LogP contribution in [0.3, 0.4) is 0 Å². The van der Waals surface area contributed by atoms with Crippen LogP contribution in [0.2, 0.25) is 0 Å². The zero-order valence-electron chi connectivity index (χ0n) is 9.55. The van der Waals surface area contributed by atoms with E-state index in [9.17, 15) is 18.0 Å². The first-order chi connectivity index (χ1) is 8.78. The van der Waals surface area contributed by atoms with Crippen molar-refractivity contribution >= 4 is 21.9 Å². The van der Waals surface area contributed by atoms with E-state index >= 15 is 0 Å². The van der Waals surface area contributed by atoms with Gasteiger partial charge in [-0.05, 0) is 35.0 Å². The second-order valence-electron chi connectivity index (χ2n) is 3.21. The topological polar surface area (TPSA) is 59.3 Å². The maximum Gasteiger partial charge on any atom is 0.573 e. The van der Waals surface area contributed by atoms with Crippen LogP contribution in [0.5, 0.6) is 5.75 Å². The number of carbonyl (C=O) groups is 1. The van der Waals surface area contributed by atoms with Crippen LogP contribution in [0, 0.1) is 11.3 Å². The fourth-order valence-electron chi connectivity index (χ4n) is 1.22. The molecule has 1 rings (SSSR count). The molecule has 0 unspecified atom stereocenters. The summed E-state index contributed by atoms with van der Waals surface area (Å²) in [6, 6.07) is 3.43. The van der Waals surface area contributed by atoms with E-state index in [2.05, 4.69) is 25.4 Å². The molecule has 102 valence electrons. The summed E-state index contributed by atoms with van der Waals surface area (Å²) in [5, 5.41) is 8.74. The number of hydrogen-bond acceptors (Lipinski definition) is 4. The Labute approximate surface area is 114 Å². The Hall–Kier alpha value is -1.75. The second-order valence-corrected chi connectivity index (χ2v) is 4.06. The Morgan fingerprint density at radius 3 is 2.58 bits per heavy atom. The molecule has 0 atom stereocenters. The molecule has 19 heavy (non-hydrogen) atoms. The third-order valence-corrected chi connectivity index (χ3v) is 2.57. The zero-order chi connectivity index (χ0) is 14.6. The molecule has 0 fully saturated rings. The number of benzene rings is 1. The van der Waals surface area contributed by atoms with Crippen LogP contribution in [0.1, 0.15) is 22.8 Å². The Morgan fingerprint density at radius 1 is 1.47 bits per heavy atom. The number of rotatable bonds is 3. The highest BCUT2D eigenvalue weighted by Crippen LogP contribution is 2.31. The highest BCUT2D eigenvalue weighted by molar-refractivity contribution is 9.10. The summed E-state index contributed by atoms with van der Waals surface area (Å²) in [7, 11) is 0. The predicted octanol–water partition coefficient (Wildman–Crippen LogP) is 3.40. The van der Waals surface area contributed by atoms with Crippen LogP contribution >= 0.6 is 15.9 Å². The van der Waals surface area contributed by atoms with Gasteiger partial charge in [-0.2, -0.15) is 5.26 Å². The summed E-state index contributed by atoms with van der Waals surface area (Å²) in [6.45, 7) is 1.63. The number of ether oxygens (including phenoxy) is 2. The first kappa shape index (κ1) is 15.3. The Bertz CT molecular complexity index is 537. The molecule has 0 aliphatic carbocycles. The van der Waals surface area contributed by atoms with E-state index in [0.717, 1.165) is 12.1 Å². The molecule has 0 spiro atoms. The molecule has 1 aromatic carbocycles. The minimum Gasteiger partial charge on any atom is -0.462 e. The summed E-state index contributed by atoms with van der Waals surface area (Å²) < 4.78 is 45.1. The molecule has 0 saturated carbocycles. The second kappa shape index (κ2) is 5.93. The summed E-state index contributed by atoms with van der Waals surface area (Å²) in [6.07, 6.45) is -4.95. The highest BCUT2D eigenvalue weighted by atomic mass is 79.9. The molecule has 8 heteroatoms. The van der Waals surface area contributed by atoms with Gasteiger partial charge in [0.15, 0.2) is 0 Å². The van der Waals surface area contributed by atoms with Gasteiger partial charge in [-0.25, -0.2) is 4.79 Å². The molecule has 4 nitrogen and oxygen atoms in total. The Balaban J connectivity index is 3.26. The largest absolute Gasteiger partial charge is 0.573 e. The van der Waals surface area contributed by atoms with Crippen molar-refractivity contribution in [1.29, 1.82) is 5.26 Å². The van der Waals surface area contributed by atoms with E-state index in [4.69, 9.17) is 5.26 Å². The average Bonchev–Trinajstić information content (AvgIpc) is 2.29. The van der Waals surface area contributed by atoms with Gasteiger partial charge in [-0.3, -0.25) is 0 Å². The van der Waals surface area contributed by atoms with Gasteiger partial charge < -0.3 is 9.47 Å². The lowest BCUT2D eigenvalue weighted by atomic mass is 10.1. The molecular weight excluding hydrogens is 331 g/mol. The van der Waals surface area contributed by atoms with Crippen molar-refractivity contribution in [2.24, 2.45) is 0 Å². The van der Waals surface area contributed by atoms with Crippen molar-refractivity contribution in [2.75, 3.05) is 6.61 Å². The van der Waals surface area contributed by atoms with Crippen molar-refractivity contribution in [3.8, 4) is 11.8 Å². The summed E-state index contributed by atoms with van der Waals surface area (Å²) in [5.74, 6) is -1.56. The average molecular weight is 338 g/mol. The zero-order valence-corrected chi connectivity index (χ0v) is 11.1. The fraction of sp³-hybridized carbons (Fsp3) is 0.273. The lowest BCUT2D eigenvalue weighted by molar-refractivity contribution is -0.274. The van der Waals surface area contributed by atoms with Crippen molar-refractivity contribution in [3.05, 3.63) is 27.7 Å². The molecule has 0 amide bonds. The number of hydrogen-bond donors (Lipinski definition) is 0. The highest BCUT2D eigenvalue weighted by Gasteiger charge is 2.33. The summed E-state index contributed by atoms with van der Waals surface area (Å²) in [5.41, 5.74) is -0.502. The smallest absolute Gasteiger partial charge is 0.462 e. The van der Waals surface area contributed by atoms with Crippen LogP contribution < -0.4 is 4.74 Å². The summed E-state index contributed by atoms with van der Waals surface area (Å²) in [4.78, 5) is 11.5. The standard InChI is InChI=1S/C11H7BrF3NO3/c1-2-18-10(17)7-4-9(19-11(13,14)15)6(5-16)3-8(7)12/h3-4H,2H2,1H3. The number of alkyl halides is 3. The molecule has 0 bridgehead atoms. The predicted molar refractivity (Wildman–Crippen MR) is 61.5 cm³/mol. The molecule has 0 aromatic heterocycles. The van der Waals surface area contributed by atoms with Crippen molar-refractivity contribution in [1.82, 2.24) is 0 Å². The molecule has 0 radical (unpaired) electrons. The summed E-state index contributed by atoms with van der Waals surface area (Å²) >= 11 is 2.98. The number of nitrogens with zero attached hydrogens (tertiary/aromatic N) is 1. The van der Waals surface area contributed by atoms with Gasteiger partial charge >= 0.3 is 12.3 Å². The van der Waals surface area contributed by atoms with Crippen LogP contribution in [-0.4, -0.2) is 18.9 Å². The van der Waals surface area contributed by atoms with Crippen LogP contribution in [0.15, 0.2) is 16.6 Å². The van der Waals surface area contributed by atoms with Gasteiger partial charge in [0.25, 0.3) is 0 Å². The third-order valence-electron chi connectivity index (χ3n) is 1.91. The molecule has 0 aliphatic rings. The molecule has 0 N–H and O–H groups in total. The fourth-order valence-corrected chi connectivity index (χ4v) is 1.72. The number of esters is 1. The maximum absolute atomic E-state index is 12.2. The van der Waals surface area contributed by atoms with E-state index < -0.39 is 18.1 Å². The van der Waals surface area contributed by atoms with Crippen LogP contribution in [0.4, 0.5) is 13.2 Å². The molecule has 0 saturated heterocycles. The van der Waals surface area contributed by atoms with E-state index in [1.165, 1.54) is 0 Å². The molecule has 0 heterocycles. The van der Waals surface area contributed by atoms with Gasteiger partial charge in [0, 0.05) is 4.47 Å². The number of nitriles is 1. The molecule has 0 aliphatic heterocycles. The van der Waals surface area contributed by atoms with Gasteiger partial charge in [0.1, 0.15) is 11.8 Å². The minimum absolute atomic E-state index is 0.0702. The first-order valence-corrected chi connectivity index (χ1v) is 5.74. The lowest BCUT2D eigenvalue weighted by Gasteiger charge is -2.12. The SMILES string of the molecule is CCOC(=O)c1cc(OC(F)(F)F)c(C#N)cc1Br. The van der Waals surface area contributed by atoms with Crippen LogP contribution in [-0.2, 0) is 4.74 Å². The Morgan fingerprint density at radius 2 is 2.11 bits per heavy atom. The lowest BCUT2D eigenvalue weighted by Crippen LogP contribution is -2.18. The number of carbonyl (C=O) groups excluding carboxylic acids is 1. The number of halogens is 4. The first-order valence-electron chi connectivity index (χ1n) is 4.95. The normalized spacial score (nSPS) is 10.7. The Kier molecular flexibility index (Phi) is 4.78. The van der Waals surface area contributed by atoms with E-state index in [0.29, 0.717) is 0 Å². The monoisotopic (exact) mass is 337 g/mol. The van der Waals surface area contributed by atoms with Gasteiger partial charge in [0.2, 0.25) is 0 Å². The van der Waals surface area contributed by atoms with E-state index in [1.807, 2.05) is 0 Å². The molecule has 1 aromatic rings. The minimum atomic E-state index is -4.95. The van der Waals surface area contributed by atoms with Crippen molar-refractivity contribution in [2.45, 2.75) is 13.3 Å². The van der Waals surface area contributed by atoms with Gasteiger partial charge in [-0.15, -0.1) is 13.2 Å². The quantitative estimate of drug-likeness (QED) is 0.793.